The zero-order chi connectivity index (χ0) is 12.1. The summed E-state index contributed by atoms with van der Waals surface area (Å²) in [5.74, 6) is 1.35. The van der Waals surface area contributed by atoms with Gasteiger partial charge in [0.2, 0.25) is 5.89 Å². The second kappa shape index (κ2) is 5.62. The van der Waals surface area contributed by atoms with Gasteiger partial charge in [-0.05, 0) is 18.2 Å². The summed E-state index contributed by atoms with van der Waals surface area (Å²) < 4.78 is 5.27. The van der Waals surface area contributed by atoms with E-state index < -0.39 is 0 Å². The van der Waals surface area contributed by atoms with Gasteiger partial charge in [-0.15, -0.1) is 10.2 Å². The monoisotopic (exact) mass is 251 g/mol. The molecule has 0 aliphatic rings. The minimum absolute atomic E-state index is 0.489. The van der Waals surface area contributed by atoms with E-state index >= 15 is 0 Å². The Morgan fingerprint density at radius 3 is 2.94 bits per heavy atom. The molecule has 0 spiro atoms. The van der Waals surface area contributed by atoms with Crippen LogP contribution >= 0.6 is 11.8 Å². The van der Waals surface area contributed by atoms with Crippen molar-refractivity contribution in [3.63, 3.8) is 0 Å². The third-order valence-corrected chi connectivity index (χ3v) is 2.67. The average Bonchev–Trinajstić information content (AvgIpc) is 2.73. The van der Waals surface area contributed by atoms with Gasteiger partial charge in [0.1, 0.15) is 17.2 Å². The van der Waals surface area contributed by atoms with E-state index in [2.05, 4.69) is 32.4 Å². The fourth-order valence-electron chi connectivity index (χ4n) is 1.15. The van der Waals surface area contributed by atoms with Crippen molar-refractivity contribution >= 4 is 17.6 Å². The van der Waals surface area contributed by atoms with E-state index in [0.29, 0.717) is 11.1 Å². The van der Waals surface area contributed by atoms with E-state index in [1.165, 1.54) is 18.1 Å². The lowest BCUT2D eigenvalue weighted by atomic mass is 10.4. The zero-order valence-corrected chi connectivity index (χ0v) is 10.5. The zero-order valence-electron chi connectivity index (χ0n) is 9.67. The van der Waals surface area contributed by atoms with Crippen LogP contribution in [-0.2, 0) is 0 Å². The molecule has 90 valence electrons. The van der Waals surface area contributed by atoms with E-state index in [1.54, 1.807) is 6.92 Å². The molecule has 0 bridgehead atoms. The fraction of sp³-hybridized carbons (Fsp3) is 0.400. The van der Waals surface area contributed by atoms with Crippen molar-refractivity contribution in [3.05, 3.63) is 18.3 Å². The maximum Gasteiger partial charge on any atom is 0.282 e. The number of nitrogens with zero attached hydrogens (tertiary/aromatic N) is 4. The second-order valence-electron chi connectivity index (χ2n) is 3.36. The number of aryl methyl sites for hydroxylation is 1. The Labute approximate surface area is 103 Å². The third-order valence-electron chi connectivity index (χ3n) is 1.90. The second-order valence-corrected chi connectivity index (χ2v) is 4.33. The molecule has 0 saturated carbocycles. The van der Waals surface area contributed by atoms with E-state index in [1.807, 2.05) is 6.07 Å². The van der Waals surface area contributed by atoms with Crippen molar-refractivity contribution in [1.29, 1.82) is 0 Å². The molecule has 0 unspecified atom stereocenters. The SMILES string of the molecule is CCCNc1cc(Sc2nnc(C)o2)ncn1. The summed E-state index contributed by atoms with van der Waals surface area (Å²) in [6.45, 7) is 4.75. The molecular weight excluding hydrogens is 238 g/mol. The number of nitrogens with one attached hydrogen (secondary N) is 1. The Bertz CT molecular complexity index is 487. The highest BCUT2D eigenvalue weighted by Crippen LogP contribution is 2.25. The largest absolute Gasteiger partial charge is 0.416 e. The van der Waals surface area contributed by atoms with Crippen LogP contribution in [0.25, 0.3) is 0 Å². The van der Waals surface area contributed by atoms with Crippen molar-refractivity contribution in [2.24, 2.45) is 0 Å². The fourth-order valence-corrected chi connectivity index (χ4v) is 1.85. The first-order chi connectivity index (χ1) is 8.28. The Hall–Kier alpha value is -1.63. The normalized spacial score (nSPS) is 10.5. The molecule has 7 heteroatoms. The van der Waals surface area contributed by atoms with Crippen LogP contribution in [0.4, 0.5) is 5.82 Å². The molecule has 0 radical (unpaired) electrons. The molecule has 0 aromatic carbocycles. The molecule has 0 fully saturated rings. The van der Waals surface area contributed by atoms with Crippen LogP contribution in [-0.4, -0.2) is 26.7 Å². The molecule has 2 aromatic rings. The summed E-state index contributed by atoms with van der Waals surface area (Å²) in [7, 11) is 0. The van der Waals surface area contributed by atoms with Gasteiger partial charge in [0.25, 0.3) is 5.22 Å². The predicted octanol–water partition coefficient (Wildman–Crippen LogP) is 2.14. The van der Waals surface area contributed by atoms with Crippen LogP contribution in [0, 0.1) is 6.92 Å². The molecule has 1 N–H and O–H groups in total. The van der Waals surface area contributed by atoms with Crippen LogP contribution in [0.1, 0.15) is 19.2 Å². The van der Waals surface area contributed by atoms with Gasteiger partial charge < -0.3 is 9.73 Å². The molecule has 0 saturated heterocycles. The van der Waals surface area contributed by atoms with Crippen LogP contribution < -0.4 is 5.32 Å². The summed E-state index contributed by atoms with van der Waals surface area (Å²) in [5, 5.41) is 12.1. The molecule has 17 heavy (non-hydrogen) atoms. The minimum atomic E-state index is 0.489. The summed E-state index contributed by atoms with van der Waals surface area (Å²) in [6, 6.07) is 1.86. The summed E-state index contributed by atoms with van der Waals surface area (Å²) in [5.41, 5.74) is 0. The number of rotatable bonds is 5. The number of hydrogen-bond donors (Lipinski definition) is 1. The molecule has 6 nitrogen and oxygen atoms in total. The maximum absolute atomic E-state index is 5.27. The van der Waals surface area contributed by atoms with Crippen molar-refractivity contribution < 1.29 is 4.42 Å². The van der Waals surface area contributed by atoms with Gasteiger partial charge in [0.05, 0.1) is 0 Å². The molecule has 2 rings (SSSR count). The van der Waals surface area contributed by atoms with Crippen LogP contribution in [0.5, 0.6) is 0 Å². The van der Waals surface area contributed by atoms with Crippen LogP contribution in [0.2, 0.25) is 0 Å². The number of anilines is 1. The summed E-state index contributed by atoms with van der Waals surface area (Å²) in [6.07, 6.45) is 2.57. The molecule has 2 heterocycles. The first kappa shape index (κ1) is 11.8. The Kier molecular flexibility index (Phi) is 3.92. The van der Waals surface area contributed by atoms with E-state index in [0.717, 1.165) is 23.8 Å². The quantitative estimate of drug-likeness (QED) is 0.816. The van der Waals surface area contributed by atoms with Gasteiger partial charge in [0.15, 0.2) is 0 Å². The van der Waals surface area contributed by atoms with Gasteiger partial charge >= 0.3 is 0 Å². The van der Waals surface area contributed by atoms with E-state index in [9.17, 15) is 0 Å². The van der Waals surface area contributed by atoms with Crippen molar-refractivity contribution in [2.75, 3.05) is 11.9 Å². The summed E-state index contributed by atoms with van der Waals surface area (Å²) >= 11 is 1.32. The highest BCUT2D eigenvalue weighted by molar-refractivity contribution is 7.99. The average molecular weight is 251 g/mol. The molecule has 0 amide bonds. The molecule has 0 aliphatic heterocycles. The Morgan fingerprint density at radius 1 is 1.35 bits per heavy atom. The minimum Gasteiger partial charge on any atom is -0.416 e. The first-order valence-corrected chi connectivity index (χ1v) is 6.13. The lowest BCUT2D eigenvalue weighted by Gasteiger charge is -2.03. The first-order valence-electron chi connectivity index (χ1n) is 5.32. The molecule has 2 aromatic heterocycles. The highest BCUT2D eigenvalue weighted by Gasteiger charge is 2.06. The molecule has 0 atom stereocenters. The highest BCUT2D eigenvalue weighted by atomic mass is 32.2. The standard InChI is InChI=1S/C10H13N5OS/c1-3-4-11-8-5-9(13-6-12-8)17-10-15-14-7(2)16-10/h5-6H,3-4H2,1-2H3,(H,11,12,13). The van der Waals surface area contributed by atoms with E-state index in [-0.39, 0.29) is 0 Å². The van der Waals surface area contributed by atoms with Crippen molar-refractivity contribution in [2.45, 2.75) is 30.5 Å². The number of hydrogen-bond acceptors (Lipinski definition) is 7. The van der Waals surface area contributed by atoms with Gasteiger partial charge in [-0.1, -0.05) is 6.92 Å². The molecular formula is C10H13N5OS. The predicted molar refractivity (Wildman–Crippen MR) is 64.0 cm³/mol. The van der Waals surface area contributed by atoms with Gasteiger partial charge in [-0.3, -0.25) is 0 Å². The topological polar surface area (TPSA) is 76.7 Å². The lowest BCUT2D eigenvalue weighted by Crippen LogP contribution is -2.02. The summed E-state index contributed by atoms with van der Waals surface area (Å²) in [4.78, 5) is 8.26. The van der Waals surface area contributed by atoms with Crippen LogP contribution in [0.15, 0.2) is 27.1 Å². The van der Waals surface area contributed by atoms with Gasteiger partial charge in [0, 0.05) is 19.5 Å². The molecule has 0 aliphatic carbocycles. The van der Waals surface area contributed by atoms with Gasteiger partial charge in [-0.2, -0.15) is 0 Å². The van der Waals surface area contributed by atoms with Crippen molar-refractivity contribution in [1.82, 2.24) is 20.2 Å². The van der Waals surface area contributed by atoms with Crippen LogP contribution in [0.3, 0.4) is 0 Å². The number of aromatic nitrogens is 4. The Morgan fingerprint density at radius 2 is 2.24 bits per heavy atom. The third kappa shape index (κ3) is 3.42. The van der Waals surface area contributed by atoms with Gasteiger partial charge in [-0.25, -0.2) is 9.97 Å². The maximum atomic E-state index is 5.27. The van der Waals surface area contributed by atoms with E-state index in [4.69, 9.17) is 4.42 Å². The lowest BCUT2D eigenvalue weighted by molar-refractivity contribution is 0.429. The smallest absolute Gasteiger partial charge is 0.282 e. The Balaban J connectivity index is 2.05. The van der Waals surface area contributed by atoms with Crippen molar-refractivity contribution in [3.8, 4) is 0 Å².